The van der Waals surface area contributed by atoms with Gasteiger partial charge in [0.05, 0.1) is 18.7 Å². The van der Waals surface area contributed by atoms with Crippen molar-refractivity contribution in [3.8, 4) is 16.9 Å². The molecule has 1 unspecified atom stereocenters. The maximum Gasteiger partial charge on any atom is 0.412 e. The second-order valence-corrected chi connectivity index (χ2v) is 11.3. The smallest absolute Gasteiger partial charge is 0.412 e. The van der Waals surface area contributed by atoms with E-state index in [4.69, 9.17) is 30.9 Å². The van der Waals surface area contributed by atoms with Gasteiger partial charge in [-0.05, 0) is 56.0 Å². The Balaban J connectivity index is 1.70. The Labute approximate surface area is 250 Å². The molecule has 11 nitrogen and oxygen atoms in total. The molecule has 0 saturated carbocycles. The van der Waals surface area contributed by atoms with E-state index in [9.17, 15) is 19.2 Å². The van der Waals surface area contributed by atoms with Crippen molar-refractivity contribution < 1.29 is 38.5 Å². The number of amides is 3. The topological polar surface area (TPSA) is 144 Å². The highest BCUT2D eigenvalue weighted by Gasteiger charge is 2.32. The Morgan fingerprint density at radius 2 is 1.88 bits per heavy atom. The minimum absolute atomic E-state index is 0.0307. The van der Waals surface area contributed by atoms with Gasteiger partial charge in [0.25, 0.3) is 0 Å². The zero-order valence-electron chi connectivity index (χ0n) is 24.3. The van der Waals surface area contributed by atoms with Crippen LogP contribution in [0, 0.1) is 0 Å². The largest absolute Gasteiger partial charge is 0.495 e. The van der Waals surface area contributed by atoms with Gasteiger partial charge in [-0.25, -0.2) is 4.79 Å². The number of benzene rings is 2. The van der Waals surface area contributed by atoms with Crippen molar-refractivity contribution in [2.75, 3.05) is 26.8 Å². The molecule has 2 aromatic rings. The van der Waals surface area contributed by atoms with Gasteiger partial charge in [0.1, 0.15) is 30.2 Å². The summed E-state index contributed by atoms with van der Waals surface area (Å²) in [7, 11) is 1.53. The van der Waals surface area contributed by atoms with Crippen LogP contribution in [0.1, 0.15) is 45.6 Å². The average Bonchev–Trinajstić information content (AvgIpc) is 2.93. The Morgan fingerprint density at radius 3 is 2.55 bits per heavy atom. The summed E-state index contributed by atoms with van der Waals surface area (Å²) < 4.78 is 16.4. The number of ether oxygens (including phenoxy) is 3. The van der Waals surface area contributed by atoms with Crippen molar-refractivity contribution in [2.45, 2.75) is 64.3 Å². The molecule has 3 N–H and O–H groups in total. The first kappa shape index (κ1) is 32.7. The van der Waals surface area contributed by atoms with E-state index in [0.29, 0.717) is 30.3 Å². The molecule has 1 fully saturated rings. The number of carboxylic acids is 1. The molecule has 12 heteroatoms. The van der Waals surface area contributed by atoms with Crippen molar-refractivity contribution in [1.82, 2.24) is 15.5 Å². The van der Waals surface area contributed by atoms with Gasteiger partial charge in [-0.1, -0.05) is 41.9 Å². The number of hydrogen-bond acceptors (Lipinski definition) is 7. The SMILES string of the molecule is COc1ccc(-c2cccc(C[C@H](NC(=O)CCC3OCCCN3C(=O)OC(C)(C)C)C(=O)NCC(=O)O)c2)cc1Cl. The molecule has 228 valence electrons. The molecule has 1 heterocycles. The van der Waals surface area contributed by atoms with Crippen LogP contribution in [0.5, 0.6) is 5.75 Å². The first-order valence-electron chi connectivity index (χ1n) is 13.7. The molecule has 0 aromatic heterocycles. The molecule has 1 aliphatic heterocycles. The number of aliphatic carboxylic acids is 1. The van der Waals surface area contributed by atoms with E-state index in [-0.39, 0.29) is 19.3 Å². The standard InChI is InChI=1S/C30H38ClN3O8/c1-30(2,3)42-29(39)34-13-6-14-41-26(34)12-11-25(35)33-23(28(38)32-18-27(36)37)16-19-7-5-8-20(15-19)21-9-10-24(40-4)22(31)17-21/h5,7-10,15,17,23,26H,6,11-14,16,18H2,1-4H3,(H,32,38)(H,33,35)(H,36,37)/t23-,26?/m0/s1. The molecule has 0 spiro atoms. The molecule has 1 saturated heterocycles. The third-order valence-electron chi connectivity index (χ3n) is 6.37. The third-order valence-corrected chi connectivity index (χ3v) is 6.66. The van der Waals surface area contributed by atoms with Crippen LogP contribution in [0.3, 0.4) is 0 Å². The predicted molar refractivity (Wildman–Crippen MR) is 156 cm³/mol. The van der Waals surface area contributed by atoms with E-state index in [2.05, 4.69) is 10.6 Å². The van der Waals surface area contributed by atoms with E-state index in [1.54, 1.807) is 32.9 Å². The highest BCUT2D eigenvalue weighted by atomic mass is 35.5. The molecular weight excluding hydrogens is 566 g/mol. The lowest BCUT2D eigenvalue weighted by Gasteiger charge is -2.36. The fraction of sp³-hybridized carbons (Fsp3) is 0.467. The van der Waals surface area contributed by atoms with Gasteiger partial charge in [0.15, 0.2) is 0 Å². The molecule has 1 aliphatic rings. The first-order valence-corrected chi connectivity index (χ1v) is 14.1. The highest BCUT2D eigenvalue weighted by molar-refractivity contribution is 6.32. The monoisotopic (exact) mass is 603 g/mol. The summed E-state index contributed by atoms with van der Waals surface area (Å²) in [5.41, 5.74) is 1.73. The number of methoxy groups -OCH3 is 1. The quantitative estimate of drug-likeness (QED) is 0.350. The van der Waals surface area contributed by atoms with Crippen LogP contribution in [0.4, 0.5) is 4.79 Å². The van der Waals surface area contributed by atoms with Crippen LogP contribution in [-0.4, -0.2) is 78.6 Å². The Hall–Kier alpha value is -3.83. The maximum absolute atomic E-state index is 13.0. The van der Waals surface area contributed by atoms with Crippen molar-refractivity contribution in [1.29, 1.82) is 0 Å². The molecular formula is C30H38ClN3O8. The maximum atomic E-state index is 13.0. The van der Waals surface area contributed by atoms with Crippen molar-refractivity contribution in [3.05, 3.63) is 53.1 Å². The number of carboxylic acid groups (broad SMARTS) is 1. The normalized spacial score (nSPS) is 15.8. The number of rotatable bonds is 11. The van der Waals surface area contributed by atoms with Crippen molar-refractivity contribution in [2.24, 2.45) is 0 Å². The molecule has 0 bridgehead atoms. The number of nitrogens with zero attached hydrogens (tertiary/aromatic N) is 1. The van der Waals surface area contributed by atoms with Crippen LogP contribution < -0.4 is 15.4 Å². The molecule has 2 aromatic carbocycles. The molecule has 0 aliphatic carbocycles. The fourth-order valence-electron chi connectivity index (χ4n) is 4.43. The van der Waals surface area contributed by atoms with Gasteiger partial charge in [-0.3, -0.25) is 19.3 Å². The van der Waals surface area contributed by atoms with Gasteiger partial charge >= 0.3 is 12.1 Å². The number of hydrogen-bond donors (Lipinski definition) is 3. The molecule has 2 atom stereocenters. The lowest BCUT2D eigenvalue weighted by molar-refractivity contribution is -0.138. The fourth-order valence-corrected chi connectivity index (χ4v) is 4.69. The van der Waals surface area contributed by atoms with Crippen molar-refractivity contribution in [3.63, 3.8) is 0 Å². The highest BCUT2D eigenvalue weighted by Crippen LogP contribution is 2.30. The van der Waals surface area contributed by atoms with E-state index in [1.165, 1.54) is 12.0 Å². The number of halogens is 1. The Bertz CT molecular complexity index is 1280. The second-order valence-electron chi connectivity index (χ2n) is 10.9. The zero-order valence-corrected chi connectivity index (χ0v) is 25.0. The average molecular weight is 604 g/mol. The second kappa shape index (κ2) is 14.9. The van der Waals surface area contributed by atoms with E-state index < -0.39 is 48.3 Å². The summed E-state index contributed by atoms with van der Waals surface area (Å²) in [6, 6.07) is 11.7. The minimum atomic E-state index is -1.21. The third kappa shape index (κ3) is 9.92. The summed E-state index contributed by atoms with van der Waals surface area (Å²) in [6.45, 7) is 5.62. The number of nitrogens with one attached hydrogen (secondary N) is 2. The zero-order chi connectivity index (χ0) is 30.9. The van der Waals surface area contributed by atoms with E-state index in [1.807, 2.05) is 30.3 Å². The summed E-state index contributed by atoms with van der Waals surface area (Å²) in [5, 5.41) is 14.5. The van der Waals surface area contributed by atoms with Crippen LogP contribution in [0.2, 0.25) is 5.02 Å². The molecule has 42 heavy (non-hydrogen) atoms. The number of carbonyl (C=O) groups is 4. The van der Waals surface area contributed by atoms with Gasteiger partial charge in [-0.15, -0.1) is 0 Å². The van der Waals surface area contributed by atoms with E-state index in [0.717, 1.165) is 16.7 Å². The Morgan fingerprint density at radius 1 is 1.14 bits per heavy atom. The van der Waals surface area contributed by atoms with Crippen LogP contribution in [0.15, 0.2) is 42.5 Å². The number of carbonyl (C=O) groups excluding carboxylic acids is 3. The summed E-state index contributed by atoms with van der Waals surface area (Å²) in [4.78, 5) is 51.1. The molecule has 0 radical (unpaired) electrons. The lowest BCUT2D eigenvalue weighted by atomic mass is 9.98. The minimum Gasteiger partial charge on any atom is -0.495 e. The summed E-state index contributed by atoms with van der Waals surface area (Å²) in [6.07, 6.45) is -0.239. The van der Waals surface area contributed by atoms with Crippen LogP contribution in [0.25, 0.3) is 11.1 Å². The molecule has 3 amide bonds. The Kier molecular flexibility index (Phi) is 11.6. The van der Waals surface area contributed by atoms with Gasteiger partial charge in [0, 0.05) is 25.8 Å². The lowest BCUT2D eigenvalue weighted by Crippen LogP contribution is -2.50. The van der Waals surface area contributed by atoms with Gasteiger partial charge in [-0.2, -0.15) is 0 Å². The van der Waals surface area contributed by atoms with Gasteiger partial charge in [0.2, 0.25) is 11.8 Å². The van der Waals surface area contributed by atoms with Crippen molar-refractivity contribution >= 4 is 35.5 Å². The van der Waals surface area contributed by atoms with Gasteiger partial charge < -0.3 is 30.0 Å². The summed E-state index contributed by atoms with van der Waals surface area (Å²) in [5.74, 6) is -1.74. The van der Waals surface area contributed by atoms with Crippen LogP contribution in [-0.2, 0) is 30.3 Å². The summed E-state index contributed by atoms with van der Waals surface area (Å²) >= 11 is 6.29. The van der Waals surface area contributed by atoms with Crippen LogP contribution >= 0.6 is 11.6 Å². The van der Waals surface area contributed by atoms with E-state index >= 15 is 0 Å². The molecule has 3 rings (SSSR count). The first-order chi connectivity index (χ1) is 19.9. The predicted octanol–water partition coefficient (Wildman–Crippen LogP) is 4.01.